The van der Waals surface area contributed by atoms with Crippen LogP contribution in [0.1, 0.15) is 19.4 Å². The van der Waals surface area contributed by atoms with Crippen LogP contribution < -0.4 is 5.73 Å². The molecule has 15 heavy (non-hydrogen) atoms. The lowest BCUT2D eigenvalue weighted by Crippen LogP contribution is -2.46. The number of nitrogens with two attached hydrogens (primary N) is 1. The van der Waals surface area contributed by atoms with E-state index in [0.717, 1.165) is 13.1 Å². The molecule has 2 N–H and O–H groups in total. The van der Waals surface area contributed by atoms with Crippen molar-refractivity contribution in [3.05, 3.63) is 35.9 Å². The van der Waals surface area contributed by atoms with Crippen molar-refractivity contribution in [3.8, 4) is 0 Å². The molecule has 0 unspecified atom stereocenters. The van der Waals surface area contributed by atoms with Gasteiger partial charge in [0.1, 0.15) is 0 Å². The first-order valence-corrected chi connectivity index (χ1v) is 5.21. The van der Waals surface area contributed by atoms with Crippen LogP contribution in [0.25, 0.3) is 0 Å². The smallest absolute Gasteiger partial charge is 0.192 e. The molecule has 1 aliphatic rings. The Labute approximate surface area is 90.6 Å². The summed E-state index contributed by atoms with van der Waals surface area (Å²) >= 11 is 0. The zero-order valence-electron chi connectivity index (χ0n) is 9.27. The highest BCUT2D eigenvalue weighted by Crippen LogP contribution is 2.22. The Morgan fingerprint density at radius 1 is 1.33 bits per heavy atom. The molecule has 3 nitrogen and oxygen atoms in total. The maximum Gasteiger partial charge on any atom is 0.192 e. The first kappa shape index (κ1) is 10.0. The van der Waals surface area contributed by atoms with Crippen LogP contribution in [0.2, 0.25) is 0 Å². The van der Waals surface area contributed by atoms with Gasteiger partial charge in [0, 0.05) is 6.54 Å². The first-order chi connectivity index (χ1) is 7.09. The second-order valence-corrected chi connectivity index (χ2v) is 4.56. The van der Waals surface area contributed by atoms with Crippen LogP contribution in [0, 0.1) is 0 Å². The summed E-state index contributed by atoms with van der Waals surface area (Å²) in [6.45, 7) is 5.95. The molecule has 3 heteroatoms. The largest absolute Gasteiger partial charge is 0.370 e. The average molecular weight is 203 g/mol. The van der Waals surface area contributed by atoms with Crippen molar-refractivity contribution in [1.29, 1.82) is 0 Å². The highest BCUT2D eigenvalue weighted by Gasteiger charge is 2.32. The number of hydrogen-bond acceptors (Lipinski definition) is 3. The lowest BCUT2D eigenvalue weighted by Gasteiger charge is -2.32. The molecule has 0 bridgehead atoms. The zero-order chi connectivity index (χ0) is 10.9. The van der Waals surface area contributed by atoms with Crippen LogP contribution in [-0.2, 0) is 6.54 Å². The number of benzene rings is 1. The Balaban J connectivity index is 2.15. The molecule has 0 saturated heterocycles. The van der Waals surface area contributed by atoms with Crippen LogP contribution in [0.5, 0.6) is 0 Å². The molecule has 0 amide bonds. The normalized spacial score (nSPS) is 19.1. The van der Waals surface area contributed by atoms with Gasteiger partial charge in [-0.25, -0.2) is 0 Å². The van der Waals surface area contributed by atoms with E-state index in [1.54, 1.807) is 0 Å². The predicted molar refractivity (Wildman–Crippen MR) is 62.6 cm³/mol. The van der Waals surface area contributed by atoms with Crippen molar-refractivity contribution in [3.63, 3.8) is 0 Å². The van der Waals surface area contributed by atoms with Crippen LogP contribution in [-0.4, -0.2) is 22.9 Å². The van der Waals surface area contributed by atoms with E-state index in [1.807, 2.05) is 18.2 Å². The summed E-state index contributed by atoms with van der Waals surface area (Å²) in [4.78, 5) is 6.44. The van der Waals surface area contributed by atoms with E-state index in [4.69, 9.17) is 5.73 Å². The fourth-order valence-electron chi connectivity index (χ4n) is 1.82. The molecule has 0 aliphatic carbocycles. The van der Waals surface area contributed by atoms with Gasteiger partial charge >= 0.3 is 0 Å². The number of aliphatic imine (C=N–C) groups is 1. The van der Waals surface area contributed by atoms with Gasteiger partial charge in [-0.1, -0.05) is 30.3 Å². The maximum absolute atomic E-state index is 5.88. The lowest BCUT2D eigenvalue weighted by molar-refractivity contribution is 0.238. The Morgan fingerprint density at radius 2 is 2.00 bits per heavy atom. The number of nitrogens with zero attached hydrogens (tertiary/aromatic N) is 2. The van der Waals surface area contributed by atoms with Crippen molar-refractivity contribution in [1.82, 2.24) is 4.90 Å². The lowest BCUT2D eigenvalue weighted by atomic mass is 10.0. The standard InChI is InChI=1S/C12H17N3/c1-12(2)9-14-11(13)15(12)8-10-6-4-3-5-7-10/h3-7H,8-9H2,1-2H3,(H2,13,14). The zero-order valence-corrected chi connectivity index (χ0v) is 9.27. The second-order valence-electron chi connectivity index (χ2n) is 4.56. The van der Waals surface area contributed by atoms with E-state index in [9.17, 15) is 0 Å². The Kier molecular flexibility index (Phi) is 2.39. The minimum Gasteiger partial charge on any atom is -0.370 e. The Hall–Kier alpha value is -1.51. The van der Waals surface area contributed by atoms with Crippen molar-refractivity contribution < 1.29 is 0 Å². The molecule has 2 rings (SSSR count). The summed E-state index contributed by atoms with van der Waals surface area (Å²) in [5.74, 6) is 0.656. The summed E-state index contributed by atoms with van der Waals surface area (Å²) in [5, 5.41) is 0. The van der Waals surface area contributed by atoms with Gasteiger partial charge in [-0.2, -0.15) is 0 Å². The topological polar surface area (TPSA) is 41.6 Å². The third kappa shape index (κ3) is 1.96. The van der Waals surface area contributed by atoms with Gasteiger partial charge in [0.15, 0.2) is 5.96 Å². The Bertz CT molecular complexity index is 368. The first-order valence-electron chi connectivity index (χ1n) is 5.21. The molecule has 0 fully saturated rings. The van der Waals surface area contributed by atoms with E-state index in [0.29, 0.717) is 5.96 Å². The second kappa shape index (κ2) is 3.57. The molecule has 80 valence electrons. The summed E-state index contributed by atoms with van der Waals surface area (Å²) in [7, 11) is 0. The van der Waals surface area contributed by atoms with E-state index in [2.05, 4.69) is 35.9 Å². The molecular formula is C12H17N3. The van der Waals surface area contributed by atoms with Gasteiger partial charge in [-0.15, -0.1) is 0 Å². The van der Waals surface area contributed by atoms with Crippen LogP contribution in [0.3, 0.4) is 0 Å². The molecule has 1 aromatic rings. The van der Waals surface area contributed by atoms with Crippen LogP contribution >= 0.6 is 0 Å². The van der Waals surface area contributed by atoms with Crippen LogP contribution in [0.15, 0.2) is 35.3 Å². The van der Waals surface area contributed by atoms with E-state index in [1.165, 1.54) is 5.56 Å². The van der Waals surface area contributed by atoms with Gasteiger partial charge < -0.3 is 10.6 Å². The SMILES string of the molecule is CC1(C)CN=C(N)N1Cc1ccccc1. The number of hydrogen-bond donors (Lipinski definition) is 1. The molecular weight excluding hydrogens is 186 g/mol. The monoisotopic (exact) mass is 203 g/mol. The molecule has 1 aromatic carbocycles. The summed E-state index contributed by atoms with van der Waals surface area (Å²) in [6.07, 6.45) is 0. The third-order valence-electron chi connectivity index (χ3n) is 2.82. The average Bonchev–Trinajstić information content (AvgIpc) is 2.47. The fraction of sp³-hybridized carbons (Fsp3) is 0.417. The van der Waals surface area contributed by atoms with Crippen molar-refractivity contribution in [2.45, 2.75) is 25.9 Å². The Morgan fingerprint density at radius 3 is 2.53 bits per heavy atom. The van der Waals surface area contributed by atoms with Gasteiger partial charge in [0.25, 0.3) is 0 Å². The molecule has 1 aliphatic heterocycles. The van der Waals surface area contributed by atoms with E-state index in [-0.39, 0.29) is 5.54 Å². The predicted octanol–water partition coefficient (Wildman–Crippen LogP) is 1.60. The van der Waals surface area contributed by atoms with Gasteiger partial charge in [-0.3, -0.25) is 4.99 Å². The highest BCUT2D eigenvalue weighted by atomic mass is 15.3. The minimum atomic E-state index is 0.0416. The number of rotatable bonds is 2. The van der Waals surface area contributed by atoms with Gasteiger partial charge in [-0.05, 0) is 19.4 Å². The minimum absolute atomic E-state index is 0.0416. The molecule has 1 heterocycles. The summed E-state index contributed by atoms with van der Waals surface area (Å²) in [6, 6.07) is 10.3. The highest BCUT2D eigenvalue weighted by molar-refractivity contribution is 5.80. The quantitative estimate of drug-likeness (QED) is 0.793. The van der Waals surface area contributed by atoms with Crippen molar-refractivity contribution in [2.24, 2.45) is 10.7 Å². The fourth-order valence-corrected chi connectivity index (χ4v) is 1.82. The summed E-state index contributed by atoms with van der Waals surface area (Å²) < 4.78 is 0. The van der Waals surface area contributed by atoms with E-state index < -0.39 is 0 Å². The van der Waals surface area contributed by atoms with Crippen molar-refractivity contribution >= 4 is 5.96 Å². The van der Waals surface area contributed by atoms with Crippen LogP contribution in [0.4, 0.5) is 0 Å². The molecule has 0 radical (unpaired) electrons. The molecule has 0 atom stereocenters. The summed E-state index contributed by atoms with van der Waals surface area (Å²) in [5.41, 5.74) is 7.19. The van der Waals surface area contributed by atoms with Crippen molar-refractivity contribution in [2.75, 3.05) is 6.54 Å². The number of guanidine groups is 1. The molecule has 0 aromatic heterocycles. The maximum atomic E-state index is 5.88. The molecule has 0 saturated carbocycles. The molecule has 0 spiro atoms. The van der Waals surface area contributed by atoms with E-state index >= 15 is 0 Å². The third-order valence-corrected chi connectivity index (χ3v) is 2.82. The van der Waals surface area contributed by atoms with Gasteiger partial charge in [0.05, 0.1) is 12.1 Å². The van der Waals surface area contributed by atoms with Gasteiger partial charge in [0.2, 0.25) is 0 Å².